The summed E-state index contributed by atoms with van der Waals surface area (Å²) < 4.78 is 24.5. The highest BCUT2D eigenvalue weighted by Gasteiger charge is 2.32. The van der Waals surface area contributed by atoms with Gasteiger partial charge in [-0.05, 0) is 36.8 Å². The first kappa shape index (κ1) is 23.4. The van der Waals surface area contributed by atoms with Crippen LogP contribution in [0.25, 0.3) is 10.9 Å². The number of aromatic nitrogens is 2. The average Bonchev–Trinajstić information content (AvgIpc) is 2.82. The Hall–Kier alpha value is -3.79. The molecule has 4 rings (SSSR count). The third-order valence-electron chi connectivity index (χ3n) is 5.62. The quantitative estimate of drug-likeness (QED) is 0.539. The van der Waals surface area contributed by atoms with Crippen LogP contribution in [0.15, 0.2) is 48.8 Å². The molecular weight excluding hydrogens is 441 g/mol. The van der Waals surface area contributed by atoms with Crippen molar-refractivity contribution in [3.8, 4) is 5.75 Å². The van der Waals surface area contributed by atoms with E-state index in [1.807, 2.05) is 25.1 Å². The summed E-state index contributed by atoms with van der Waals surface area (Å²) in [6.07, 6.45) is 1.41. The second-order valence-corrected chi connectivity index (χ2v) is 7.87. The Balaban J connectivity index is 1.38. The van der Waals surface area contributed by atoms with E-state index in [0.29, 0.717) is 31.9 Å². The third kappa shape index (κ3) is 5.40. The maximum absolute atomic E-state index is 13.3. The summed E-state index contributed by atoms with van der Waals surface area (Å²) in [6, 6.07) is 11.3. The van der Waals surface area contributed by atoms with Crippen molar-refractivity contribution in [2.24, 2.45) is 0 Å². The molecule has 3 aromatic rings. The summed E-state index contributed by atoms with van der Waals surface area (Å²) in [4.78, 5) is 36.8. The lowest BCUT2D eigenvalue weighted by Gasteiger charge is -2.38. The number of piperazine rings is 1. The number of nitrogens with two attached hydrogens (primary N) is 1. The predicted octanol–water partition coefficient (Wildman–Crippen LogP) is 2.01. The van der Waals surface area contributed by atoms with Crippen molar-refractivity contribution in [3.63, 3.8) is 0 Å². The van der Waals surface area contributed by atoms with Crippen molar-refractivity contribution < 1.29 is 23.5 Å². The zero-order valence-corrected chi connectivity index (χ0v) is 18.8. The number of hydrogen-bond donors (Lipinski definition) is 1. The van der Waals surface area contributed by atoms with Crippen LogP contribution in [0.2, 0.25) is 0 Å². The molecule has 1 aliphatic rings. The van der Waals surface area contributed by atoms with E-state index in [-0.39, 0.29) is 30.7 Å². The molecule has 0 unspecified atom stereocenters. The molecule has 1 fully saturated rings. The van der Waals surface area contributed by atoms with Gasteiger partial charge in [0.05, 0.1) is 12.1 Å². The highest BCUT2D eigenvalue weighted by Crippen LogP contribution is 2.21. The standard InChI is InChI=1S/C24H26FN5O4/c1-2-33-23(11-16-6-7-19-20(10-16)27-15-28-24(19)26)30-9-8-29(13-21(30)31)22(32)14-34-18-5-3-4-17(25)12-18/h3-7,10,12,15,23H,2,8-9,11,13-14H2,1H3,(H2,26,27,28)/t23-/m0/s1. The number of anilines is 1. The Kier molecular flexibility index (Phi) is 7.17. The van der Waals surface area contributed by atoms with Crippen molar-refractivity contribution >= 4 is 28.5 Å². The van der Waals surface area contributed by atoms with Gasteiger partial charge in [-0.3, -0.25) is 9.59 Å². The normalized spacial score (nSPS) is 14.9. The summed E-state index contributed by atoms with van der Waals surface area (Å²) in [5.41, 5.74) is 7.57. The van der Waals surface area contributed by atoms with E-state index in [4.69, 9.17) is 15.2 Å². The summed E-state index contributed by atoms with van der Waals surface area (Å²) >= 11 is 0. The number of halogens is 1. The van der Waals surface area contributed by atoms with Gasteiger partial charge in [0.2, 0.25) is 5.91 Å². The predicted molar refractivity (Wildman–Crippen MR) is 123 cm³/mol. The minimum Gasteiger partial charge on any atom is -0.484 e. The molecule has 2 amide bonds. The number of benzene rings is 2. The molecular formula is C24H26FN5O4. The van der Waals surface area contributed by atoms with Gasteiger partial charge in [0.1, 0.15) is 29.9 Å². The number of carbonyl (C=O) groups excluding carboxylic acids is 2. The zero-order chi connectivity index (χ0) is 24.1. The SMILES string of the molecule is CCO[C@@H](Cc1ccc2c(N)ncnc2c1)N1CCN(C(=O)COc2cccc(F)c2)CC1=O. The number of nitrogens with zero attached hydrogens (tertiary/aromatic N) is 4. The number of fused-ring (bicyclic) bond motifs is 1. The average molecular weight is 468 g/mol. The summed E-state index contributed by atoms with van der Waals surface area (Å²) in [5, 5.41) is 0.767. The highest BCUT2D eigenvalue weighted by atomic mass is 19.1. The first-order valence-corrected chi connectivity index (χ1v) is 11.0. The molecule has 0 saturated carbocycles. The molecule has 0 aliphatic carbocycles. The van der Waals surface area contributed by atoms with Gasteiger partial charge in [-0.2, -0.15) is 0 Å². The number of rotatable bonds is 8. The highest BCUT2D eigenvalue weighted by molar-refractivity contribution is 5.88. The van der Waals surface area contributed by atoms with E-state index in [0.717, 1.165) is 16.5 Å². The maximum Gasteiger partial charge on any atom is 0.261 e. The number of nitrogen functional groups attached to an aromatic ring is 1. The Morgan fingerprint density at radius 1 is 1.21 bits per heavy atom. The van der Waals surface area contributed by atoms with Gasteiger partial charge < -0.3 is 25.0 Å². The fraction of sp³-hybridized carbons (Fsp3) is 0.333. The first-order valence-electron chi connectivity index (χ1n) is 11.0. The van der Waals surface area contributed by atoms with Crippen LogP contribution >= 0.6 is 0 Å². The number of carbonyl (C=O) groups is 2. The largest absolute Gasteiger partial charge is 0.484 e. The molecule has 0 radical (unpaired) electrons. The third-order valence-corrected chi connectivity index (χ3v) is 5.62. The van der Waals surface area contributed by atoms with Gasteiger partial charge in [0.15, 0.2) is 6.61 Å². The van der Waals surface area contributed by atoms with Crippen molar-refractivity contribution in [2.45, 2.75) is 19.6 Å². The lowest BCUT2D eigenvalue weighted by molar-refractivity contribution is -0.158. The van der Waals surface area contributed by atoms with E-state index in [1.165, 1.54) is 29.4 Å². The van der Waals surface area contributed by atoms with E-state index in [2.05, 4.69) is 9.97 Å². The lowest BCUT2D eigenvalue weighted by Crippen LogP contribution is -2.57. The van der Waals surface area contributed by atoms with Gasteiger partial charge in [-0.25, -0.2) is 14.4 Å². The van der Waals surface area contributed by atoms with Gasteiger partial charge in [-0.15, -0.1) is 0 Å². The molecule has 0 spiro atoms. The molecule has 1 aliphatic heterocycles. The van der Waals surface area contributed by atoms with Crippen LogP contribution in [0, 0.1) is 5.82 Å². The Labute approximate surface area is 196 Å². The molecule has 2 heterocycles. The molecule has 1 saturated heterocycles. The van der Waals surface area contributed by atoms with Crippen LogP contribution in [0.5, 0.6) is 5.75 Å². The summed E-state index contributed by atoms with van der Waals surface area (Å²) in [5.74, 6) is -0.321. The van der Waals surface area contributed by atoms with Crippen LogP contribution < -0.4 is 10.5 Å². The summed E-state index contributed by atoms with van der Waals surface area (Å²) in [7, 11) is 0. The van der Waals surface area contributed by atoms with Gasteiger partial charge in [0, 0.05) is 37.6 Å². The van der Waals surface area contributed by atoms with Crippen molar-refractivity contribution in [1.82, 2.24) is 19.8 Å². The summed E-state index contributed by atoms with van der Waals surface area (Å²) in [6.45, 7) is 2.64. The van der Waals surface area contributed by atoms with Crippen molar-refractivity contribution in [2.75, 3.05) is 38.6 Å². The number of ether oxygens (including phenoxy) is 2. The second-order valence-electron chi connectivity index (χ2n) is 7.87. The van der Waals surface area contributed by atoms with Crippen molar-refractivity contribution in [3.05, 3.63) is 60.2 Å². The van der Waals surface area contributed by atoms with Crippen LogP contribution in [-0.2, 0) is 20.7 Å². The van der Waals surface area contributed by atoms with E-state index < -0.39 is 12.0 Å². The molecule has 1 aromatic heterocycles. The molecule has 178 valence electrons. The van der Waals surface area contributed by atoms with Crippen LogP contribution in [0.3, 0.4) is 0 Å². The molecule has 34 heavy (non-hydrogen) atoms. The zero-order valence-electron chi connectivity index (χ0n) is 18.8. The van der Waals surface area contributed by atoms with E-state index in [9.17, 15) is 14.0 Å². The Morgan fingerprint density at radius 3 is 2.82 bits per heavy atom. The monoisotopic (exact) mass is 467 g/mol. The smallest absolute Gasteiger partial charge is 0.261 e. The Morgan fingerprint density at radius 2 is 2.06 bits per heavy atom. The molecule has 2 N–H and O–H groups in total. The van der Waals surface area contributed by atoms with E-state index >= 15 is 0 Å². The topological polar surface area (TPSA) is 111 Å². The number of hydrogen-bond acceptors (Lipinski definition) is 7. The second kappa shape index (κ2) is 10.4. The molecule has 2 aromatic carbocycles. The van der Waals surface area contributed by atoms with Gasteiger partial charge >= 0.3 is 0 Å². The Bertz CT molecular complexity index is 1190. The van der Waals surface area contributed by atoms with Crippen LogP contribution in [0.1, 0.15) is 12.5 Å². The minimum absolute atomic E-state index is 0.0730. The van der Waals surface area contributed by atoms with Crippen LogP contribution in [-0.4, -0.2) is 70.7 Å². The molecule has 0 bridgehead atoms. The van der Waals surface area contributed by atoms with Crippen LogP contribution in [0.4, 0.5) is 10.2 Å². The number of amides is 2. The van der Waals surface area contributed by atoms with Crippen molar-refractivity contribution in [1.29, 1.82) is 0 Å². The van der Waals surface area contributed by atoms with Gasteiger partial charge in [0.25, 0.3) is 5.91 Å². The van der Waals surface area contributed by atoms with E-state index in [1.54, 1.807) is 11.0 Å². The fourth-order valence-corrected chi connectivity index (χ4v) is 3.90. The first-order chi connectivity index (χ1) is 16.4. The molecule has 9 nitrogen and oxygen atoms in total. The maximum atomic E-state index is 13.3. The molecule has 1 atom stereocenters. The van der Waals surface area contributed by atoms with Gasteiger partial charge in [-0.1, -0.05) is 12.1 Å². The fourth-order valence-electron chi connectivity index (χ4n) is 3.90. The lowest BCUT2D eigenvalue weighted by atomic mass is 10.1. The molecule has 10 heteroatoms. The minimum atomic E-state index is -0.477.